The van der Waals surface area contributed by atoms with Crippen molar-refractivity contribution in [2.75, 3.05) is 20.2 Å². The van der Waals surface area contributed by atoms with Crippen LogP contribution in [0.1, 0.15) is 24.0 Å². The van der Waals surface area contributed by atoms with E-state index < -0.39 is 0 Å². The van der Waals surface area contributed by atoms with Gasteiger partial charge in [0.1, 0.15) is 0 Å². The van der Waals surface area contributed by atoms with Crippen molar-refractivity contribution in [1.82, 2.24) is 10.2 Å². The maximum atomic E-state index is 12.5. The molecule has 0 radical (unpaired) electrons. The number of benzene rings is 2. The molecular weight excluding hydrogens is 364 g/mol. The van der Waals surface area contributed by atoms with Crippen molar-refractivity contribution in [2.45, 2.75) is 25.9 Å². The number of likely N-dealkylation sites (tertiary alicyclic amines) is 1. The number of nitrogens with one attached hydrogen (secondary N) is 1. The van der Waals surface area contributed by atoms with E-state index in [9.17, 15) is 9.90 Å². The highest BCUT2D eigenvalue weighted by Gasteiger charge is 2.25. The maximum Gasteiger partial charge on any atom is 0.223 e. The average molecular weight is 389 g/mol. The van der Waals surface area contributed by atoms with Crippen molar-refractivity contribution < 1.29 is 14.6 Å². The summed E-state index contributed by atoms with van der Waals surface area (Å²) in [6, 6.07) is 13.1. The summed E-state index contributed by atoms with van der Waals surface area (Å²) in [5.41, 5.74) is 1.77. The third kappa shape index (κ3) is 4.93. The quantitative estimate of drug-likeness (QED) is 0.794. The third-order valence-electron chi connectivity index (χ3n) is 5.07. The second-order valence-corrected chi connectivity index (χ2v) is 7.23. The molecule has 1 heterocycles. The molecular formula is C21H25ClN2O3. The molecule has 2 aromatic carbocycles. The van der Waals surface area contributed by atoms with Crippen molar-refractivity contribution in [2.24, 2.45) is 5.92 Å². The highest BCUT2D eigenvalue weighted by molar-refractivity contribution is 6.31. The second-order valence-electron chi connectivity index (χ2n) is 6.83. The molecule has 1 aliphatic rings. The first-order chi connectivity index (χ1) is 13.1. The Morgan fingerprint density at radius 2 is 1.89 bits per heavy atom. The van der Waals surface area contributed by atoms with Gasteiger partial charge in [-0.1, -0.05) is 41.9 Å². The molecule has 27 heavy (non-hydrogen) atoms. The smallest absolute Gasteiger partial charge is 0.223 e. The first-order valence-corrected chi connectivity index (χ1v) is 9.54. The number of hydrogen-bond acceptors (Lipinski definition) is 4. The Bertz CT molecular complexity index is 789. The third-order valence-corrected chi connectivity index (χ3v) is 5.43. The van der Waals surface area contributed by atoms with E-state index in [1.807, 2.05) is 36.4 Å². The van der Waals surface area contributed by atoms with Crippen LogP contribution in [0.3, 0.4) is 0 Å². The lowest BCUT2D eigenvalue weighted by molar-refractivity contribution is -0.126. The Morgan fingerprint density at radius 1 is 1.19 bits per heavy atom. The van der Waals surface area contributed by atoms with Crippen LogP contribution < -0.4 is 10.1 Å². The summed E-state index contributed by atoms with van der Waals surface area (Å²) in [6.45, 7) is 2.75. The number of para-hydroxylation sites is 1. The number of amides is 1. The molecule has 1 saturated heterocycles. The van der Waals surface area contributed by atoms with Gasteiger partial charge in [-0.15, -0.1) is 0 Å². The summed E-state index contributed by atoms with van der Waals surface area (Å²) >= 11 is 6.14. The van der Waals surface area contributed by atoms with E-state index in [2.05, 4.69) is 10.2 Å². The van der Waals surface area contributed by atoms with Gasteiger partial charge < -0.3 is 15.2 Å². The lowest BCUT2D eigenvalue weighted by atomic mass is 9.95. The van der Waals surface area contributed by atoms with Gasteiger partial charge in [-0.05, 0) is 43.6 Å². The zero-order valence-corrected chi connectivity index (χ0v) is 16.2. The fourth-order valence-electron chi connectivity index (χ4n) is 3.42. The number of rotatable bonds is 6. The molecule has 1 aliphatic heterocycles. The van der Waals surface area contributed by atoms with Gasteiger partial charge in [0.15, 0.2) is 11.5 Å². The fraction of sp³-hybridized carbons (Fsp3) is 0.381. The van der Waals surface area contributed by atoms with Crippen LogP contribution in [-0.2, 0) is 17.9 Å². The van der Waals surface area contributed by atoms with Gasteiger partial charge in [-0.3, -0.25) is 9.69 Å². The van der Waals surface area contributed by atoms with Crippen LogP contribution in [0.25, 0.3) is 0 Å². The standard InChI is InChI=1S/C21H25ClN2O3/c1-27-19-8-4-6-17(20(19)25)14-24-11-9-15(10-12-24)21(26)23-13-16-5-2-3-7-18(16)22/h2-8,15,25H,9-14H2,1H3,(H,23,26). The molecule has 1 amide bonds. The predicted octanol–water partition coefficient (Wildman–Crippen LogP) is 3.58. The summed E-state index contributed by atoms with van der Waals surface area (Å²) in [7, 11) is 1.55. The van der Waals surface area contributed by atoms with Gasteiger partial charge in [0.05, 0.1) is 7.11 Å². The number of phenols is 1. The normalized spacial score (nSPS) is 15.5. The topological polar surface area (TPSA) is 61.8 Å². The molecule has 6 heteroatoms. The lowest BCUT2D eigenvalue weighted by Crippen LogP contribution is -2.40. The SMILES string of the molecule is COc1cccc(CN2CCC(C(=O)NCc3ccccc3Cl)CC2)c1O. The first kappa shape index (κ1) is 19.5. The summed E-state index contributed by atoms with van der Waals surface area (Å²) in [5.74, 6) is 0.780. The largest absolute Gasteiger partial charge is 0.504 e. The van der Waals surface area contributed by atoms with Gasteiger partial charge in [-0.25, -0.2) is 0 Å². The molecule has 2 N–H and O–H groups in total. The summed E-state index contributed by atoms with van der Waals surface area (Å²) in [6.07, 6.45) is 1.61. The van der Waals surface area contributed by atoms with Crippen LogP contribution >= 0.6 is 11.6 Å². The van der Waals surface area contributed by atoms with E-state index in [0.717, 1.165) is 37.1 Å². The summed E-state index contributed by atoms with van der Waals surface area (Å²) < 4.78 is 5.16. The number of halogens is 1. The molecule has 1 fully saturated rings. The van der Waals surface area contributed by atoms with E-state index >= 15 is 0 Å². The lowest BCUT2D eigenvalue weighted by Gasteiger charge is -2.31. The number of methoxy groups -OCH3 is 1. The summed E-state index contributed by atoms with van der Waals surface area (Å²) in [5, 5.41) is 13.9. The number of aromatic hydroxyl groups is 1. The molecule has 0 aliphatic carbocycles. The molecule has 0 atom stereocenters. The Balaban J connectivity index is 1.48. The van der Waals surface area contributed by atoms with Crippen molar-refractivity contribution in [3.05, 3.63) is 58.6 Å². The van der Waals surface area contributed by atoms with Crippen LogP contribution in [-0.4, -0.2) is 36.1 Å². The number of ether oxygens (including phenoxy) is 1. The minimum absolute atomic E-state index is 0.0163. The monoisotopic (exact) mass is 388 g/mol. The Kier molecular flexibility index (Phi) is 6.58. The Labute approximate surface area is 164 Å². The van der Waals surface area contributed by atoms with Gasteiger partial charge in [0, 0.05) is 29.6 Å². The molecule has 0 saturated carbocycles. The number of carbonyl (C=O) groups excluding carboxylic acids is 1. The minimum atomic E-state index is 0.0163. The van der Waals surface area contributed by atoms with Crippen LogP contribution in [0.15, 0.2) is 42.5 Å². The first-order valence-electron chi connectivity index (χ1n) is 9.16. The molecule has 5 nitrogen and oxygen atoms in total. The second kappa shape index (κ2) is 9.11. The maximum absolute atomic E-state index is 12.5. The minimum Gasteiger partial charge on any atom is -0.504 e. The van der Waals surface area contributed by atoms with Crippen molar-refractivity contribution in [3.8, 4) is 11.5 Å². The summed E-state index contributed by atoms with van der Waals surface area (Å²) in [4.78, 5) is 14.7. The van der Waals surface area contributed by atoms with Crippen LogP contribution in [0, 0.1) is 5.92 Å². The van der Waals surface area contributed by atoms with Gasteiger partial charge >= 0.3 is 0 Å². The number of phenolic OH excluding ortho intramolecular Hbond substituents is 1. The van der Waals surface area contributed by atoms with Crippen molar-refractivity contribution in [3.63, 3.8) is 0 Å². The van der Waals surface area contributed by atoms with E-state index in [-0.39, 0.29) is 17.6 Å². The van der Waals surface area contributed by atoms with Crippen molar-refractivity contribution >= 4 is 17.5 Å². The number of nitrogens with zero attached hydrogens (tertiary/aromatic N) is 1. The van der Waals surface area contributed by atoms with Gasteiger partial charge in [-0.2, -0.15) is 0 Å². The molecule has 3 rings (SSSR count). The van der Waals surface area contributed by atoms with E-state index in [0.29, 0.717) is 23.9 Å². The predicted molar refractivity (Wildman–Crippen MR) is 106 cm³/mol. The highest BCUT2D eigenvalue weighted by atomic mass is 35.5. The van der Waals surface area contributed by atoms with E-state index in [1.165, 1.54) is 0 Å². The molecule has 0 aromatic heterocycles. The van der Waals surface area contributed by atoms with E-state index in [4.69, 9.17) is 16.3 Å². The zero-order valence-electron chi connectivity index (χ0n) is 15.5. The Hall–Kier alpha value is -2.24. The van der Waals surface area contributed by atoms with Gasteiger partial charge in [0.25, 0.3) is 0 Å². The number of piperidine rings is 1. The molecule has 2 aromatic rings. The number of carbonyl (C=O) groups is 1. The molecule has 0 bridgehead atoms. The molecule has 144 valence electrons. The number of hydrogen-bond donors (Lipinski definition) is 2. The Morgan fingerprint density at radius 3 is 2.59 bits per heavy atom. The zero-order chi connectivity index (χ0) is 19.2. The van der Waals surface area contributed by atoms with Crippen LogP contribution in [0.4, 0.5) is 0 Å². The molecule has 0 unspecified atom stereocenters. The van der Waals surface area contributed by atoms with Gasteiger partial charge in [0.2, 0.25) is 5.91 Å². The fourth-order valence-corrected chi connectivity index (χ4v) is 3.63. The van der Waals surface area contributed by atoms with E-state index in [1.54, 1.807) is 13.2 Å². The van der Waals surface area contributed by atoms with Crippen LogP contribution in [0.2, 0.25) is 5.02 Å². The van der Waals surface area contributed by atoms with Crippen LogP contribution in [0.5, 0.6) is 11.5 Å². The highest BCUT2D eigenvalue weighted by Crippen LogP contribution is 2.31. The van der Waals surface area contributed by atoms with Crippen molar-refractivity contribution in [1.29, 1.82) is 0 Å². The average Bonchev–Trinajstić information content (AvgIpc) is 2.69. The molecule has 0 spiro atoms.